The highest BCUT2D eigenvalue weighted by molar-refractivity contribution is 7.90. The quantitative estimate of drug-likeness (QED) is 0.199. The fraction of sp³-hybridized carbons (Fsp3) is 0.148. The zero-order valence-corrected chi connectivity index (χ0v) is 22.8. The Kier molecular flexibility index (Phi) is 7.28. The summed E-state index contributed by atoms with van der Waals surface area (Å²) in [6.45, 7) is 1.28. The lowest BCUT2D eigenvalue weighted by atomic mass is 10.0. The molecule has 0 unspecified atom stereocenters. The van der Waals surface area contributed by atoms with E-state index in [0.717, 1.165) is 33.7 Å². The van der Waals surface area contributed by atoms with Crippen LogP contribution in [0.1, 0.15) is 11.5 Å². The lowest BCUT2D eigenvalue weighted by Crippen LogP contribution is -2.17. The van der Waals surface area contributed by atoms with Crippen molar-refractivity contribution in [2.75, 3.05) is 6.26 Å². The highest BCUT2D eigenvalue weighted by Gasteiger charge is 2.35. The molecule has 8 nitrogen and oxygen atoms in total. The molecule has 0 amide bonds. The topological polar surface area (TPSA) is 91.9 Å². The van der Waals surface area contributed by atoms with E-state index in [1.807, 2.05) is 0 Å². The van der Waals surface area contributed by atoms with Crippen LogP contribution in [-0.4, -0.2) is 45.6 Å². The maximum atomic E-state index is 15.7. The molecule has 0 aliphatic rings. The summed E-state index contributed by atoms with van der Waals surface area (Å²) in [4.78, 5) is 3.45. The molecule has 2 heterocycles. The van der Waals surface area contributed by atoms with Gasteiger partial charge >= 0.3 is 12.5 Å². The fourth-order valence-corrected chi connectivity index (χ4v) is 4.99. The Morgan fingerprint density at radius 1 is 0.884 bits per heavy atom. The van der Waals surface area contributed by atoms with Gasteiger partial charge in [-0.1, -0.05) is 17.3 Å². The standard InChI is InChI=1S/C27H18F7N5O3S/c1-15-36-25(26(29,30)31)14-38(15)22-12-21(28)20(17-4-3-5-19(10-17)43(2,40)41)11-23(22)39-24(13-35-37-39)16-6-8-18(9-7-16)42-27(32,33)34/h3-14H,1-2H3. The zero-order valence-electron chi connectivity index (χ0n) is 21.9. The summed E-state index contributed by atoms with van der Waals surface area (Å²) in [7, 11) is -3.67. The van der Waals surface area contributed by atoms with E-state index < -0.39 is 39.6 Å². The number of alkyl halides is 6. The van der Waals surface area contributed by atoms with Gasteiger partial charge in [-0.3, -0.25) is 0 Å². The third kappa shape index (κ3) is 6.23. The number of benzene rings is 3. The number of hydrogen-bond acceptors (Lipinski definition) is 6. The van der Waals surface area contributed by atoms with Crippen LogP contribution in [0.5, 0.6) is 5.75 Å². The molecule has 0 N–H and O–H groups in total. The first kappa shape index (κ1) is 29.8. The molecular formula is C27H18F7N5O3S. The fourth-order valence-electron chi connectivity index (χ4n) is 4.32. The van der Waals surface area contributed by atoms with Gasteiger partial charge in [0, 0.05) is 29.6 Å². The lowest BCUT2D eigenvalue weighted by Gasteiger charge is -2.17. The van der Waals surface area contributed by atoms with Gasteiger partial charge in [-0.2, -0.15) is 13.2 Å². The van der Waals surface area contributed by atoms with E-state index in [0.29, 0.717) is 6.20 Å². The van der Waals surface area contributed by atoms with Crippen LogP contribution >= 0.6 is 0 Å². The molecule has 0 bridgehead atoms. The second kappa shape index (κ2) is 10.5. The van der Waals surface area contributed by atoms with Gasteiger partial charge in [0.15, 0.2) is 15.5 Å². The minimum atomic E-state index is -4.92. The van der Waals surface area contributed by atoms with E-state index >= 15 is 4.39 Å². The normalized spacial score (nSPS) is 12.5. The molecule has 43 heavy (non-hydrogen) atoms. The van der Waals surface area contributed by atoms with E-state index in [-0.39, 0.29) is 44.5 Å². The van der Waals surface area contributed by atoms with E-state index in [1.165, 1.54) is 55.6 Å². The number of hydrogen-bond donors (Lipinski definition) is 0. The maximum absolute atomic E-state index is 15.7. The zero-order chi connectivity index (χ0) is 31.3. The van der Waals surface area contributed by atoms with Gasteiger partial charge in [-0.15, -0.1) is 18.3 Å². The van der Waals surface area contributed by atoms with E-state index in [1.54, 1.807) is 0 Å². The van der Waals surface area contributed by atoms with Gasteiger partial charge < -0.3 is 9.30 Å². The van der Waals surface area contributed by atoms with E-state index in [9.17, 15) is 34.8 Å². The van der Waals surface area contributed by atoms with Crippen molar-refractivity contribution < 1.29 is 43.9 Å². The molecule has 0 spiro atoms. The summed E-state index contributed by atoms with van der Waals surface area (Å²) in [5.41, 5.74) is -0.885. The first-order valence-corrected chi connectivity index (χ1v) is 14.0. The Labute approximate surface area is 238 Å². The number of sulfone groups is 1. The predicted octanol–water partition coefficient (Wildman–Crippen LogP) is 6.56. The van der Waals surface area contributed by atoms with Crippen LogP contribution in [-0.2, 0) is 16.0 Å². The third-order valence-corrected chi connectivity index (χ3v) is 7.34. The maximum Gasteiger partial charge on any atom is 0.573 e. The Balaban J connectivity index is 1.73. The Hall–Kier alpha value is -4.73. The summed E-state index contributed by atoms with van der Waals surface area (Å²) in [6.07, 6.45) is -6.82. The van der Waals surface area contributed by atoms with Crippen molar-refractivity contribution in [3.63, 3.8) is 0 Å². The molecule has 0 atom stereocenters. The Morgan fingerprint density at radius 2 is 1.58 bits per heavy atom. The highest BCUT2D eigenvalue weighted by atomic mass is 32.2. The van der Waals surface area contributed by atoms with Crippen molar-refractivity contribution >= 4 is 9.84 Å². The van der Waals surface area contributed by atoms with Crippen LogP contribution in [0, 0.1) is 12.7 Å². The summed E-state index contributed by atoms with van der Waals surface area (Å²) in [5, 5.41) is 7.87. The van der Waals surface area contributed by atoms with Crippen molar-refractivity contribution in [2.24, 2.45) is 0 Å². The number of nitrogens with zero attached hydrogens (tertiary/aromatic N) is 5. The van der Waals surface area contributed by atoms with Crippen molar-refractivity contribution in [2.45, 2.75) is 24.4 Å². The van der Waals surface area contributed by atoms with Crippen LogP contribution in [0.3, 0.4) is 0 Å². The lowest BCUT2D eigenvalue weighted by molar-refractivity contribution is -0.274. The minimum Gasteiger partial charge on any atom is -0.406 e. The summed E-state index contributed by atoms with van der Waals surface area (Å²) in [5.74, 6) is -1.55. The largest absolute Gasteiger partial charge is 0.573 e. The average Bonchev–Trinajstić information content (AvgIpc) is 3.55. The molecule has 5 rings (SSSR count). The molecule has 0 saturated heterocycles. The smallest absolute Gasteiger partial charge is 0.406 e. The number of aromatic nitrogens is 5. The molecule has 16 heteroatoms. The van der Waals surface area contributed by atoms with Crippen LogP contribution in [0.4, 0.5) is 30.7 Å². The first-order chi connectivity index (χ1) is 20.0. The second-order valence-corrected chi connectivity index (χ2v) is 11.3. The molecular weight excluding hydrogens is 607 g/mol. The molecule has 224 valence electrons. The predicted molar refractivity (Wildman–Crippen MR) is 139 cm³/mol. The average molecular weight is 626 g/mol. The first-order valence-electron chi connectivity index (χ1n) is 12.1. The summed E-state index contributed by atoms with van der Waals surface area (Å²) >= 11 is 0. The minimum absolute atomic E-state index is 0.00139. The van der Waals surface area contributed by atoms with Crippen molar-refractivity contribution in [1.29, 1.82) is 0 Å². The Bertz CT molecular complexity index is 1930. The number of ether oxygens (including phenoxy) is 1. The van der Waals surface area contributed by atoms with Crippen LogP contribution in [0.25, 0.3) is 33.8 Å². The summed E-state index contributed by atoms with van der Waals surface area (Å²) < 4.78 is 124. The molecule has 0 fully saturated rings. The molecule has 0 aliphatic carbocycles. The molecule has 5 aromatic rings. The number of imidazole rings is 1. The van der Waals surface area contributed by atoms with Crippen molar-refractivity contribution in [1.82, 2.24) is 24.5 Å². The number of halogens is 7. The van der Waals surface area contributed by atoms with Gasteiger partial charge in [0.2, 0.25) is 0 Å². The van der Waals surface area contributed by atoms with Crippen molar-refractivity contribution in [3.8, 4) is 39.5 Å². The van der Waals surface area contributed by atoms with Gasteiger partial charge in [-0.05, 0) is 55.0 Å². The van der Waals surface area contributed by atoms with Gasteiger partial charge in [0.25, 0.3) is 0 Å². The SMILES string of the molecule is Cc1nc(C(F)(F)F)cn1-c1cc(F)c(-c2cccc(S(C)(=O)=O)c2)cc1-n1nncc1-c1ccc(OC(F)(F)F)cc1. The molecule has 0 radical (unpaired) electrons. The number of rotatable bonds is 6. The van der Waals surface area contributed by atoms with Crippen LogP contribution in [0.15, 0.2) is 78.0 Å². The molecule has 2 aromatic heterocycles. The molecule has 0 saturated carbocycles. The second-order valence-electron chi connectivity index (χ2n) is 9.27. The third-order valence-electron chi connectivity index (χ3n) is 6.23. The van der Waals surface area contributed by atoms with E-state index in [4.69, 9.17) is 0 Å². The van der Waals surface area contributed by atoms with Gasteiger partial charge in [-0.25, -0.2) is 22.5 Å². The molecule has 3 aromatic carbocycles. The van der Waals surface area contributed by atoms with E-state index in [2.05, 4.69) is 20.0 Å². The Morgan fingerprint density at radius 3 is 2.19 bits per heavy atom. The molecule has 0 aliphatic heterocycles. The van der Waals surface area contributed by atoms with Crippen LogP contribution < -0.4 is 4.74 Å². The van der Waals surface area contributed by atoms with Crippen LogP contribution in [0.2, 0.25) is 0 Å². The monoisotopic (exact) mass is 625 g/mol. The number of aryl methyl sites for hydroxylation is 1. The highest BCUT2D eigenvalue weighted by Crippen LogP contribution is 2.36. The summed E-state index contributed by atoms with van der Waals surface area (Å²) in [6, 6.07) is 12.2. The van der Waals surface area contributed by atoms with Gasteiger partial charge in [0.05, 0.1) is 28.2 Å². The van der Waals surface area contributed by atoms with Crippen molar-refractivity contribution in [3.05, 3.63) is 90.4 Å². The van der Waals surface area contributed by atoms with Gasteiger partial charge in [0.1, 0.15) is 17.4 Å².